The van der Waals surface area contributed by atoms with E-state index in [2.05, 4.69) is 20.4 Å². The molecule has 0 saturated carbocycles. The van der Waals surface area contributed by atoms with Gasteiger partial charge in [0.1, 0.15) is 0 Å². The van der Waals surface area contributed by atoms with Crippen LogP contribution in [0.2, 0.25) is 0 Å². The van der Waals surface area contributed by atoms with Gasteiger partial charge in [0.2, 0.25) is 22.9 Å². The van der Waals surface area contributed by atoms with E-state index in [-0.39, 0.29) is 5.95 Å². The molecule has 25 heavy (non-hydrogen) atoms. The van der Waals surface area contributed by atoms with Crippen LogP contribution in [0.15, 0.2) is 48.5 Å². The zero-order valence-corrected chi connectivity index (χ0v) is 13.7. The minimum atomic E-state index is -0.478. The van der Waals surface area contributed by atoms with Crippen LogP contribution in [0.25, 0.3) is 15.3 Å². The van der Waals surface area contributed by atoms with Crippen LogP contribution in [0.5, 0.6) is 0 Å². The number of para-hydroxylation sites is 1. The summed E-state index contributed by atoms with van der Waals surface area (Å²) < 4.78 is 2.54. The van der Waals surface area contributed by atoms with E-state index in [0.29, 0.717) is 22.3 Å². The fourth-order valence-corrected chi connectivity index (χ4v) is 3.24. The van der Waals surface area contributed by atoms with E-state index in [1.807, 2.05) is 24.3 Å². The number of amides is 1. The van der Waals surface area contributed by atoms with Crippen molar-refractivity contribution >= 4 is 45.0 Å². The van der Waals surface area contributed by atoms with Crippen molar-refractivity contribution in [3.63, 3.8) is 0 Å². The molecule has 1 amide bonds. The van der Waals surface area contributed by atoms with Crippen molar-refractivity contribution in [2.45, 2.75) is 0 Å². The highest BCUT2D eigenvalue weighted by Crippen LogP contribution is 2.26. The molecule has 0 atom stereocenters. The normalized spacial score (nSPS) is 10.9. The maximum Gasteiger partial charge on any atom is 0.248 e. The Balaban J connectivity index is 1.62. The van der Waals surface area contributed by atoms with Crippen molar-refractivity contribution in [2.75, 3.05) is 11.1 Å². The number of carbonyl (C=O) groups is 1. The monoisotopic (exact) mass is 351 g/mol. The van der Waals surface area contributed by atoms with Crippen LogP contribution >= 0.6 is 11.3 Å². The summed E-state index contributed by atoms with van der Waals surface area (Å²) in [5.74, 6) is 0.0907. The molecule has 0 aliphatic rings. The number of fused-ring (bicyclic) bond motifs is 1. The number of aromatic nitrogens is 4. The van der Waals surface area contributed by atoms with E-state index >= 15 is 0 Å². The Kier molecular flexibility index (Phi) is 3.55. The first-order chi connectivity index (χ1) is 12.1. The van der Waals surface area contributed by atoms with Crippen LogP contribution in [-0.2, 0) is 0 Å². The lowest BCUT2D eigenvalue weighted by Gasteiger charge is -2.02. The van der Waals surface area contributed by atoms with Crippen molar-refractivity contribution in [3.8, 4) is 5.13 Å². The Morgan fingerprint density at radius 1 is 1.08 bits per heavy atom. The van der Waals surface area contributed by atoms with Gasteiger partial charge in [0.25, 0.3) is 0 Å². The summed E-state index contributed by atoms with van der Waals surface area (Å²) in [6.45, 7) is 0. The minimum Gasteiger partial charge on any atom is -0.368 e. The fraction of sp³-hybridized carbons (Fsp3) is 0. The number of anilines is 3. The van der Waals surface area contributed by atoms with Crippen molar-refractivity contribution in [3.05, 3.63) is 54.1 Å². The number of hydrogen-bond donors (Lipinski definition) is 3. The van der Waals surface area contributed by atoms with Crippen molar-refractivity contribution in [1.82, 2.24) is 19.7 Å². The summed E-state index contributed by atoms with van der Waals surface area (Å²) in [5, 5.41) is 8.03. The van der Waals surface area contributed by atoms with Gasteiger partial charge in [-0.3, -0.25) is 4.79 Å². The van der Waals surface area contributed by atoms with Crippen molar-refractivity contribution < 1.29 is 4.79 Å². The maximum absolute atomic E-state index is 11.1. The topological polar surface area (TPSA) is 125 Å². The zero-order valence-electron chi connectivity index (χ0n) is 12.9. The molecule has 0 fully saturated rings. The molecule has 9 heteroatoms. The summed E-state index contributed by atoms with van der Waals surface area (Å²) in [6, 6.07) is 14.5. The van der Waals surface area contributed by atoms with Crippen LogP contribution in [-0.4, -0.2) is 25.7 Å². The molecule has 0 aliphatic carbocycles. The second kappa shape index (κ2) is 5.87. The first-order valence-corrected chi connectivity index (χ1v) is 8.17. The Morgan fingerprint density at radius 3 is 2.56 bits per heavy atom. The van der Waals surface area contributed by atoms with Gasteiger partial charge in [-0.2, -0.15) is 9.67 Å². The Morgan fingerprint density at radius 2 is 1.84 bits per heavy atom. The van der Waals surface area contributed by atoms with E-state index in [1.165, 1.54) is 16.0 Å². The van der Waals surface area contributed by atoms with Gasteiger partial charge in [0.15, 0.2) is 0 Å². The van der Waals surface area contributed by atoms with Gasteiger partial charge in [-0.05, 0) is 36.4 Å². The predicted molar refractivity (Wildman–Crippen MR) is 97.2 cm³/mol. The van der Waals surface area contributed by atoms with Gasteiger partial charge in [0, 0.05) is 11.3 Å². The highest BCUT2D eigenvalue weighted by atomic mass is 32.1. The first kappa shape index (κ1) is 15.1. The molecule has 0 aliphatic heterocycles. The molecule has 0 spiro atoms. The number of primary amides is 1. The highest BCUT2D eigenvalue weighted by Gasteiger charge is 2.13. The van der Waals surface area contributed by atoms with Gasteiger partial charge in [-0.1, -0.05) is 23.5 Å². The average Bonchev–Trinajstić information content (AvgIpc) is 3.18. The molecule has 4 aromatic rings. The van der Waals surface area contributed by atoms with Crippen molar-refractivity contribution in [2.24, 2.45) is 5.73 Å². The second-order valence-corrected chi connectivity index (χ2v) is 6.25. The standard InChI is InChI=1S/C16H13N7OS/c17-13(24)9-5-7-10(8-6-9)19-15-21-14(18)23(22-15)16-20-11-3-1-2-4-12(11)25-16/h1-8H,(H2,17,24)(H3,18,19,21,22). The van der Waals surface area contributed by atoms with Crippen LogP contribution in [0.4, 0.5) is 17.6 Å². The SMILES string of the molecule is NC(=O)c1ccc(Nc2nc(N)n(-c3nc4ccccc4s3)n2)cc1. The van der Waals surface area contributed by atoms with Crippen LogP contribution in [0.1, 0.15) is 10.4 Å². The quantitative estimate of drug-likeness (QED) is 0.518. The molecule has 5 N–H and O–H groups in total. The number of nitrogen functional groups attached to an aromatic ring is 1. The van der Waals surface area contributed by atoms with Gasteiger partial charge >= 0.3 is 0 Å². The maximum atomic E-state index is 11.1. The fourth-order valence-electron chi connectivity index (χ4n) is 2.32. The third-order valence-corrected chi connectivity index (χ3v) is 4.53. The molecule has 4 rings (SSSR count). The minimum absolute atomic E-state index is 0.232. The van der Waals surface area contributed by atoms with E-state index in [4.69, 9.17) is 11.5 Å². The lowest BCUT2D eigenvalue weighted by Crippen LogP contribution is -2.10. The number of nitrogens with two attached hydrogens (primary N) is 2. The third-order valence-electron chi connectivity index (χ3n) is 3.52. The van der Waals surface area contributed by atoms with Crippen LogP contribution in [0, 0.1) is 0 Å². The average molecular weight is 351 g/mol. The third kappa shape index (κ3) is 2.88. The van der Waals surface area contributed by atoms with E-state index in [9.17, 15) is 4.79 Å². The van der Waals surface area contributed by atoms with Gasteiger partial charge in [-0.15, -0.1) is 5.10 Å². The summed E-state index contributed by atoms with van der Waals surface area (Å²) in [7, 11) is 0. The number of benzene rings is 2. The number of hydrogen-bond acceptors (Lipinski definition) is 7. The molecular weight excluding hydrogens is 338 g/mol. The zero-order chi connectivity index (χ0) is 17.4. The largest absolute Gasteiger partial charge is 0.368 e. The molecule has 0 bridgehead atoms. The number of thiazole rings is 1. The lowest BCUT2D eigenvalue weighted by atomic mass is 10.2. The number of nitrogens with zero attached hydrogens (tertiary/aromatic N) is 4. The predicted octanol–water partition coefficient (Wildman–Crippen LogP) is 2.30. The summed E-state index contributed by atoms with van der Waals surface area (Å²) in [5.41, 5.74) is 13.2. The molecule has 8 nitrogen and oxygen atoms in total. The molecule has 0 saturated heterocycles. The summed E-state index contributed by atoms with van der Waals surface area (Å²) >= 11 is 1.48. The number of nitrogens with one attached hydrogen (secondary N) is 1. The van der Waals surface area contributed by atoms with E-state index in [0.717, 1.165) is 10.2 Å². The van der Waals surface area contributed by atoms with Gasteiger partial charge in [0.05, 0.1) is 10.2 Å². The van der Waals surface area contributed by atoms with Gasteiger partial charge in [-0.25, -0.2) is 4.98 Å². The molecule has 2 heterocycles. The summed E-state index contributed by atoms with van der Waals surface area (Å²) in [4.78, 5) is 19.8. The highest BCUT2D eigenvalue weighted by molar-refractivity contribution is 7.20. The summed E-state index contributed by atoms with van der Waals surface area (Å²) in [6.07, 6.45) is 0. The number of rotatable bonds is 4. The van der Waals surface area contributed by atoms with E-state index < -0.39 is 5.91 Å². The number of carbonyl (C=O) groups excluding carboxylic acids is 1. The van der Waals surface area contributed by atoms with Crippen LogP contribution < -0.4 is 16.8 Å². The molecule has 124 valence electrons. The molecule has 0 radical (unpaired) electrons. The Hall–Kier alpha value is -3.46. The smallest absolute Gasteiger partial charge is 0.248 e. The second-order valence-electron chi connectivity index (χ2n) is 5.24. The Bertz CT molecular complexity index is 1030. The van der Waals surface area contributed by atoms with Gasteiger partial charge < -0.3 is 16.8 Å². The van der Waals surface area contributed by atoms with E-state index in [1.54, 1.807) is 24.3 Å². The molecule has 0 unspecified atom stereocenters. The molecule has 2 aromatic heterocycles. The molecular formula is C16H13N7OS. The lowest BCUT2D eigenvalue weighted by molar-refractivity contribution is 0.100. The van der Waals surface area contributed by atoms with Crippen molar-refractivity contribution in [1.29, 1.82) is 0 Å². The first-order valence-electron chi connectivity index (χ1n) is 7.35. The molecule has 2 aromatic carbocycles. The van der Waals surface area contributed by atoms with Crippen LogP contribution in [0.3, 0.4) is 0 Å². The Labute approximate surface area is 146 Å².